The Morgan fingerprint density at radius 1 is 1.19 bits per heavy atom. The van der Waals surface area contributed by atoms with Crippen LogP contribution >= 0.6 is 12.2 Å². The molecule has 4 heteroatoms. The Morgan fingerprint density at radius 3 is 2.76 bits per heavy atom. The fourth-order valence-corrected chi connectivity index (χ4v) is 2.91. The van der Waals surface area contributed by atoms with E-state index in [9.17, 15) is 0 Å². The summed E-state index contributed by atoms with van der Waals surface area (Å²) < 4.78 is 8.16. The first kappa shape index (κ1) is 13.9. The first-order chi connectivity index (χ1) is 10.2. The third-order valence-corrected chi connectivity index (χ3v) is 4.17. The van der Waals surface area contributed by atoms with Gasteiger partial charge in [0.2, 0.25) is 0 Å². The SMILES string of the molecule is COc1ccc2c(c1)[nH]c(=S)n2CCc1ccccc1C. The van der Waals surface area contributed by atoms with Crippen molar-refractivity contribution in [3.8, 4) is 5.75 Å². The number of H-pyrrole nitrogens is 1. The van der Waals surface area contributed by atoms with E-state index in [2.05, 4.69) is 46.8 Å². The Labute approximate surface area is 129 Å². The maximum Gasteiger partial charge on any atom is 0.178 e. The van der Waals surface area contributed by atoms with Crippen LogP contribution in [0.2, 0.25) is 0 Å². The number of aromatic amines is 1. The normalized spacial score (nSPS) is 11.0. The Morgan fingerprint density at radius 2 is 2.00 bits per heavy atom. The summed E-state index contributed by atoms with van der Waals surface area (Å²) in [6.45, 7) is 3.02. The van der Waals surface area contributed by atoms with E-state index in [4.69, 9.17) is 17.0 Å². The van der Waals surface area contributed by atoms with Gasteiger partial charge in [-0.1, -0.05) is 24.3 Å². The van der Waals surface area contributed by atoms with Crippen molar-refractivity contribution < 1.29 is 4.74 Å². The molecule has 0 radical (unpaired) electrons. The van der Waals surface area contributed by atoms with E-state index in [1.54, 1.807) is 7.11 Å². The molecule has 0 saturated heterocycles. The molecular weight excluding hydrogens is 280 g/mol. The average molecular weight is 298 g/mol. The molecule has 108 valence electrons. The van der Waals surface area contributed by atoms with Crippen molar-refractivity contribution >= 4 is 23.3 Å². The number of methoxy groups -OCH3 is 1. The van der Waals surface area contributed by atoms with Gasteiger partial charge in [0.15, 0.2) is 4.77 Å². The second kappa shape index (κ2) is 5.74. The maximum absolute atomic E-state index is 5.45. The van der Waals surface area contributed by atoms with Gasteiger partial charge in [0.25, 0.3) is 0 Å². The van der Waals surface area contributed by atoms with Gasteiger partial charge in [0, 0.05) is 12.6 Å². The van der Waals surface area contributed by atoms with E-state index in [1.165, 1.54) is 11.1 Å². The predicted molar refractivity (Wildman–Crippen MR) is 88.6 cm³/mol. The molecule has 1 aromatic heterocycles. The number of imidazole rings is 1. The molecule has 0 amide bonds. The van der Waals surface area contributed by atoms with Crippen LogP contribution in [-0.4, -0.2) is 16.7 Å². The number of aryl methyl sites for hydroxylation is 3. The summed E-state index contributed by atoms with van der Waals surface area (Å²) in [4.78, 5) is 3.25. The second-order valence-electron chi connectivity index (χ2n) is 5.14. The van der Waals surface area contributed by atoms with Gasteiger partial charge in [-0.15, -0.1) is 0 Å². The Hall–Kier alpha value is -2.07. The zero-order valence-corrected chi connectivity index (χ0v) is 13.0. The molecule has 1 N–H and O–H groups in total. The number of hydrogen-bond donors (Lipinski definition) is 1. The van der Waals surface area contributed by atoms with Crippen LogP contribution in [0.15, 0.2) is 42.5 Å². The third-order valence-electron chi connectivity index (χ3n) is 3.85. The molecule has 3 rings (SSSR count). The first-order valence-electron chi connectivity index (χ1n) is 7.00. The molecule has 1 heterocycles. The summed E-state index contributed by atoms with van der Waals surface area (Å²) in [7, 11) is 1.67. The molecule has 21 heavy (non-hydrogen) atoms. The summed E-state index contributed by atoms with van der Waals surface area (Å²) in [6.07, 6.45) is 0.972. The zero-order valence-electron chi connectivity index (χ0n) is 12.2. The number of hydrogen-bond acceptors (Lipinski definition) is 2. The Bertz CT molecular complexity index is 832. The van der Waals surface area contributed by atoms with E-state index in [-0.39, 0.29) is 0 Å². The molecule has 3 aromatic rings. The fourth-order valence-electron chi connectivity index (χ4n) is 2.61. The lowest BCUT2D eigenvalue weighted by molar-refractivity contribution is 0.415. The number of nitrogens with one attached hydrogen (secondary N) is 1. The lowest BCUT2D eigenvalue weighted by Crippen LogP contribution is -2.02. The molecule has 0 unspecified atom stereocenters. The monoisotopic (exact) mass is 298 g/mol. The lowest BCUT2D eigenvalue weighted by Gasteiger charge is -2.08. The maximum atomic E-state index is 5.45. The largest absolute Gasteiger partial charge is 0.497 e. The van der Waals surface area contributed by atoms with Crippen molar-refractivity contribution in [2.24, 2.45) is 0 Å². The summed E-state index contributed by atoms with van der Waals surface area (Å²) in [5.41, 5.74) is 4.83. The molecule has 0 spiro atoms. The van der Waals surface area contributed by atoms with Crippen molar-refractivity contribution in [3.05, 3.63) is 58.4 Å². The van der Waals surface area contributed by atoms with Crippen LogP contribution in [0.1, 0.15) is 11.1 Å². The van der Waals surface area contributed by atoms with Gasteiger partial charge in [-0.2, -0.15) is 0 Å². The van der Waals surface area contributed by atoms with Crippen LogP contribution in [0.3, 0.4) is 0 Å². The summed E-state index contributed by atoms with van der Waals surface area (Å²) in [5, 5.41) is 0. The number of ether oxygens (including phenoxy) is 1. The van der Waals surface area contributed by atoms with Crippen molar-refractivity contribution in [2.45, 2.75) is 19.9 Å². The number of benzene rings is 2. The molecule has 0 aliphatic rings. The topological polar surface area (TPSA) is 29.9 Å². The molecule has 0 fully saturated rings. The van der Waals surface area contributed by atoms with E-state index in [0.29, 0.717) is 0 Å². The van der Waals surface area contributed by atoms with E-state index >= 15 is 0 Å². The smallest absolute Gasteiger partial charge is 0.178 e. The van der Waals surface area contributed by atoms with Gasteiger partial charge < -0.3 is 14.3 Å². The highest BCUT2D eigenvalue weighted by Crippen LogP contribution is 2.21. The molecule has 0 aliphatic heterocycles. The second-order valence-corrected chi connectivity index (χ2v) is 5.53. The predicted octanol–water partition coefficient (Wildman–Crippen LogP) is 4.26. The van der Waals surface area contributed by atoms with Crippen molar-refractivity contribution in [1.29, 1.82) is 0 Å². The van der Waals surface area contributed by atoms with Crippen LogP contribution in [-0.2, 0) is 13.0 Å². The first-order valence-corrected chi connectivity index (χ1v) is 7.41. The van der Waals surface area contributed by atoms with Crippen molar-refractivity contribution in [2.75, 3.05) is 7.11 Å². The van der Waals surface area contributed by atoms with Gasteiger partial charge >= 0.3 is 0 Å². The van der Waals surface area contributed by atoms with Gasteiger partial charge in [-0.05, 0) is 48.8 Å². The minimum atomic E-state index is 0.756. The number of rotatable bonds is 4. The van der Waals surface area contributed by atoms with Crippen LogP contribution in [0.5, 0.6) is 5.75 Å². The minimum Gasteiger partial charge on any atom is -0.497 e. The van der Waals surface area contributed by atoms with E-state index in [0.717, 1.165) is 34.5 Å². The van der Waals surface area contributed by atoms with Gasteiger partial charge in [0.05, 0.1) is 18.1 Å². The highest BCUT2D eigenvalue weighted by atomic mass is 32.1. The van der Waals surface area contributed by atoms with Crippen LogP contribution in [0.25, 0.3) is 11.0 Å². The molecule has 0 bridgehead atoms. The van der Waals surface area contributed by atoms with Gasteiger partial charge in [0.1, 0.15) is 5.75 Å². The van der Waals surface area contributed by atoms with Gasteiger partial charge in [-0.3, -0.25) is 0 Å². The molecule has 0 saturated carbocycles. The quantitative estimate of drug-likeness (QED) is 0.729. The minimum absolute atomic E-state index is 0.756. The van der Waals surface area contributed by atoms with Crippen LogP contribution < -0.4 is 4.74 Å². The fraction of sp³-hybridized carbons (Fsp3) is 0.235. The summed E-state index contributed by atoms with van der Waals surface area (Å²) in [5.74, 6) is 0.838. The molecular formula is C17H18N2OS. The Kier molecular flexibility index (Phi) is 3.80. The number of fused-ring (bicyclic) bond motifs is 1. The van der Waals surface area contributed by atoms with Crippen LogP contribution in [0, 0.1) is 11.7 Å². The molecule has 3 nitrogen and oxygen atoms in total. The third kappa shape index (κ3) is 2.72. The summed E-state index contributed by atoms with van der Waals surface area (Å²) in [6, 6.07) is 14.5. The van der Waals surface area contributed by atoms with Crippen molar-refractivity contribution in [3.63, 3.8) is 0 Å². The average Bonchev–Trinajstić information content (AvgIpc) is 2.81. The number of nitrogens with zero attached hydrogens (tertiary/aromatic N) is 1. The van der Waals surface area contributed by atoms with Crippen molar-refractivity contribution in [1.82, 2.24) is 9.55 Å². The van der Waals surface area contributed by atoms with Crippen LogP contribution in [0.4, 0.5) is 0 Å². The highest BCUT2D eigenvalue weighted by Gasteiger charge is 2.06. The molecule has 2 aromatic carbocycles. The van der Waals surface area contributed by atoms with E-state index < -0.39 is 0 Å². The standard InChI is InChI=1S/C17H18N2OS/c1-12-5-3-4-6-13(12)9-10-19-16-8-7-14(20-2)11-15(16)18-17(19)21/h3-8,11H,9-10H2,1-2H3,(H,18,21). The molecule has 0 atom stereocenters. The van der Waals surface area contributed by atoms with E-state index in [1.807, 2.05) is 12.1 Å². The van der Waals surface area contributed by atoms with Gasteiger partial charge in [-0.25, -0.2) is 0 Å². The number of aromatic nitrogens is 2. The lowest BCUT2D eigenvalue weighted by atomic mass is 10.1. The highest BCUT2D eigenvalue weighted by molar-refractivity contribution is 7.71. The summed E-state index contributed by atoms with van der Waals surface area (Å²) >= 11 is 5.45. The Balaban J connectivity index is 1.92. The molecule has 0 aliphatic carbocycles. The zero-order chi connectivity index (χ0) is 14.8.